The summed E-state index contributed by atoms with van der Waals surface area (Å²) in [5, 5.41) is 0. The second-order valence-corrected chi connectivity index (χ2v) is 4.24. The van der Waals surface area contributed by atoms with E-state index in [0.29, 0.717) is 12.1 Å². The van der Waals surface area contributed by atoms with Crippen molar-refractivity contribution in [3.63, 3.8) is 0 Å². The summed E-state index contributed by atoms with van der Waals surface area (Å²) in [6, 6.07) is 0.901. The Labute approximate surface area is 89.5 Å². The lowest BCUT2D eigenvalue weighted by Gasteiger charge is -2.35. The van der Waals surface area contributed by atoms with Crippen LogP contribution in [0.1, 0.15) is 12.8 Å². The second kappa shape index (κ2) is 3.95. The number of likely N-dealkylation sites (N-methyl/N-ethyl adjacent to an activating group) is 1. The molecule has 0 N–H and O–H groups in total. The van der Waals surface area contributed by atoms with Crippen LogP contribution in [0, 0.1) is 0 Å². The molecule has 2 unspecified atom stereocenters. The molecule has 2 bridgehead atoms. The van der Waals surface area contributed by atoms with Crippen molar-refractivity contribution >= 4 is 18.6 Å². The predicted molar refractivity (Wildman–Crippen MR) is 57.4 cm³/mol. The first-order valence-electron chi connectivity index (χ1n) is 4.91. The Kier molecular flexibility index (Phi) is 2.83. The van der Waals surface area contributed by atoms with Crippen LogP contribution in [0.3, 0.4) is 0 Å². The van der Waals surface area contributed by atoms with Crippen molar-refractivity contribution in [3.05, 3.63) is 12.2 Å². The Morgan fingerprint density at radius 2 is 2.07 bits per heavy atom. The summed E-state index contributed by atoms with van der Waals surface area (Å²) >= 11 is 3.89. The van der Waals surface area contributed by atoms with Crippen molar-refractivity contribution in [1.82, 2.24) is 4.90 Å². The summed E-state index contributed by atoms with van der Waals surface area (Å²) in [6.45, 7) is 0. The Bertz CT molecular complexity index is 251. The number of hydrogen-bond donors (Lipinski definition) is 1. The van der Waals surface area contributed by atoms with Gasteiger partial charge >= 0.3 is 5.97 Å². The van der Waals surface area contributed by atoms with Gasteiger partial charge < -0.3 is 4.74 Å². The highest BCUT2D eigenvalue weighted by molar-refractivity contribution is 7.81. The van der Waals surface area contributed by atoms with Crippen molar-refractivity contribution in [2.75, 3.05) is 12.8 Å². The minimum atomic E-state index is -0.206. The van der Waals surface area contributed by atoms with Crippen molar-refractivity contribution in [1.29, 1.82) is 0 Å². The van der Waals surface area contributed by atoms with Gasteiger partial charge in [-0.3, -0.25) is 9.69 Å². The van der Waals surface area contributed by atoms with Gasteiger partial charge in [-0.2, -0.15) is 12.6 Å². The largest absolute Gasteiger partial charge is 0.462 e. The quantitative estimate of drug-likeness (QED) is 0.419. The van der Waals surface area contributed by atoms with E-state index >= 15 is 0 Å². The molecule has 2 rings (SSSR count). The van der Waals surface area contributed by atoms with Gasteiger partial charge in [-0.15, -0.1) is 0 Å². The van der Waals surface area contributed by atoms with E-state index < -0.39 is 0 Å². The summed E-state index contributed by atoms with van der Waals surface area (Å²) in [5.74, 6) is -0.0305. The van der Waals surface area contributed by atoms with Crippen LogP contribution in [0.15, 0.2) is 12.2 Å². The summed E-state index contributed by atoms with van der Waals surface area (Å²) in [6.07, 6.45) is 6.33. The molecule has 1 saturated heterocycles. The summed E-state index contributed by atoms with van der Waals surface area (Å²) in [5.41, 5.74) is 0. The van der Waals surface area contributed by atoms with Crippen molar-refractivity contribution in [2.45, 2.75) is 31.0 Å². The maximum atomic E-state index is 11.1. The van der Waals surface area contributed by atoms with Gasteiger partial charge in [0.1, 0.15) is 6.10 Å². The third kappa shape index (κ3) is 1.81. The number of thiol groups is 1. The maximum Gasteiger partial charge on any atom is 0.315 e. The van der Waals surface area contributed by atoms with Gasteiger partial charge in [-0.05, 0) is 7.05 Å². The molecule has 0 aromatic heterocycles. The third-order valence-electron chi connectivity index (χ3n) is 3.04. The molecule has 0 aromatic carbocycles. The van der Waals surface area contributed by atoms with E-state index in [1.807, 2.05) is 0 Å². The highest BCUT2D eigenvalue weighted by Crippen LogP contribution is 2.30. The van der Waals surface area contributed by atoms with Gasteiger partial charge in [0.15, 0.2) is 0 Å². The van der Waals surface area contributed by atoms with Crippen LogP contribution in [0.5, 0.6) is 0 Å². The van der Waals surface area contributed by atoms with Crippen molar-refractivity contribution in [3.8, 4) is 0 Å². The number of nitrogens with zero attached hydrogens (tertiary/aromatic N) is 1. The molecule has 1 fully saturated rings. The Morgan fingerprint density at radius 3 is 2.57 bits per heavy atom. The maximum absolute atomic E-state index is 11.1. The first-order valence-corrected chi connectivity index (χ1v) is 5.54. The lowest BCUT2D eigenvalue weighted by molar-refractivity contribution is -0.148. The molecule has 4 heteroatoms. The number of rotatable bonds is 2. The number of ether oxygens (including phenoxy) is 1. The SMILES string of the molecule is CN1C2C=CC1CC(OC(=O)CS)C2. The van der Waals surface area contributed by atoms with Crippen LogP contribution in [-0.4, -0.2) is 41.9 Å². The van der Waals surface area contributed by atoms with Gasteiger partial charge in [-0.1, -0.05) is 12.2 Å². The zero-order chi connectivity index (χ0) is 10.1. The first kappa shape index (κ1) is 10.1. The fourth-order valence-corrected chi connectivity index (χ4v) is 2.29. The van der Waals surface area contributed by atoms with Crippen molar-refractivity contribution in [2.24, 2.45) is 0 Å². The van der Waals surface area contributed by atoms with Crippen LogP contribution in [-0.2, 0) is 9.53 Å². The number of hydrogen-bond acceptors (Lipinski definition) is 4. The molecule has 78 valence electrons. The molecule has 2 aliphatic heterocycles. The summed E-state index contributed by atoms with van der Waals surface area (Å²) in [7, 11) is 2.12. The fourth-order valence-electron chi connectivity index (χ4n) is 2.22. The van der Waals surface area contributed by atoms with Crippen LogP contribution < -0.4 is 0 Å². The van der Waals surface area contributed by atoms with E-state index in [-0.39, 0.29) is 17.8 Å². The number of esters is 1. The summed E-state index contributed by atoms with van der Waals surface area (Å²) < 4.78 is 5.29. The molecule has 2 heterocycles. The smallest absolute Gasteiger partial charge is 0.315 e. The zero-order valence-corrected chi connectivity index (χ0v) is 9.11. The molecule has 14 heavy (non-hydrogen) atoms. The highest BCUT2D eigenvalue weighted by Gasteiger charge is 2.36. The molecule has 0 aliphatic carbocycles. The molecular weight excluding hydrogens is 198 g/mol. The molecular formula is C10H15NO2S. The van der Waals surface area contributed by atoms with Crippen LogP contribution >= 0.6 is 12.6 Å². The minimum absolute atomic E-state index is 0.0795. The number of carbonyl (C=O) groups excluding carboxylic acids is 1. The molecule has 0 radical (unpaired) electrons. The molecule has 0 spiro atoms. The average Bonchev–Trinajstić information content (AvgIpc) is 2.42. The number of carbonyl (C=O) groups is 1. The first-order chi connectivity index (χ1) is 6.70. The van der Waals surface area contributed by atoms with E-state index in [1.54, 1.807) is 0 Å². The molecule has 0 saturated carbocycles. The lowest BCUT2D eigenvalue weighted by atomic mass is 9.99. The Morgan fingerprint density at radius 1 is 1.50 bits per heavy atom. The monoisotopic (exact) mass is 213 g/mol. The van der Waals surface area contributed by atoms with Gasteiger partial charge in [0.05, 0.1) is 5.75 Å². The van der Waals surface area contributed by atoms with Crippen LogP contribution in [0.2, 0.25) is 0 Å². The van der Waals surface area contributed by atoms with E-state index in [1.165, 1.54) is 0 Å². The molecule has 2 aliphatic rings. The molecule has 2 atom stereocenters. The standard InChI is InChI=1S/C10H15NO2S/c1-11-7-2-3-8(11)5-9(4-7)13-10(12)6-14/h2-3,7-9,14H,4-6H2,1H3. The predicted octanol–water partition coefficient (Wildman–Crippen LogP) is 0.861. The Balaban J connectivity index is 1.91. The van der Waals surface area contributed by atoms with Crippen LogP contribution in [0.4, 0.5) is 0 Å². The summed E-state index contributed by atoms with van der Waals surface area (Å²) in [4.78, 5) is 13.4. The number of fused-ring (bicyclic) bond motifs is 2. The van der Waals surface area contributed by atoms with E-state index in [9.17, 15) is 4.79 Å². The normalized spacial score (nSPS) is 36.0. The van der Waals surface area contributed by atoms with E-state index in [2.05, 4.69) is 36.7 Å². The number of piperidine rings is 1. The van der Waals surface area contributed by atoms with Crippen LogP contribution in [0.25, 0.3) is 0 Å². The third-order valence-corrected chi connectivity index (χ3v) is 3.30. The lowest BCUT2D eigenvalue weighted by Crippen LogP contribution is -2.44. The fraction of sp³-hybridized carbons (Fsp3) is 0.700. The average molecular weight is 213 g/mol. The zero-order valence-electron chi connectivity index (χ0n) is 8.22. The van der Waals surface area contributed by atoms with Gasteiger partial charge in [0, 0.05) is 24.9 Å². The highest BCUT2D eigenvalue weighted by atomic mass is 32.1. The second-order valence-electron chi connectivity index (χ2n) is 3.93. The van der Waals surface area contributed by atoms with Gasteiger partial charge in [-0.25, -0.2) is 0 Å². The van der Waals surface area contributed by atoms with Crippen molar-refractivity contribution < 1.29 is 9.53 Å². The molecule has 3 nitrogen and oxygen atoms in total. The van der Waals surface area contributed by atoms with E-state index in [4.69, 9.17) is 4.74 Å². The topological polar surface area (TPSA) is 29.5 Å². The molecule has 0 amide bonds. The molecule has 0 aromatic rings. The minimum Gasteiger partial charge on any atom is -0.462 e. The Hall–Kier alpha value is -0.480. The van der Waals surface area contributed by atoms with E-state index in [0.717, 1.165) is 12.8 Å². The van der Waals surface area contributed by atoms with Gasteiger partial charge in [0.25, 0.3) is 0 Å². The van der Waals surface area contributed by atoms with Gasteiger partial charge in [0.2, 0.25) is 0 Å².